The van der Waals surface area contributed by atoms with E-state index in [-0.39, 0.29) is 30.8 Å². The molecule has 0 saturated carbocycles. The largest absolute Gasteiger partial charge is 0.353 e. The SMILES string of the molecule is Cc1c(-c2[nH]c3ccc(N4CCN(CC(=O)N(C)C)CC4=O)nc3c2C(C)C)cn2ncnc2c1C. The number of aromatic amines is 1. The van der Waals surface area contributed by atoms with Crippen LogP contribution in [-0.4, -0.2) is 86.5 Å². The van der Waals surface area contributed by atoms with Crippen molar-refractivity contribution in [1.82, 2.24) is 34.4 Å². The topological polar surface area (TPSA) is 103 Å². The van der Waals surface area contributed by atoms with Crippen molar-refractivity contribution in [1.29, 1.82) is 0 Å². The molecule has 10 nitrogen and oxygen atoms in total. The second-order valence-electron chi connectivity index (χ2n) is 10.00. The lowest BCUT2D eigenvalue weighted by Gasteiger charge is -2.33. The molecule has 10 heteroatoms. The van der Waals surface area contributed by atoms with E-state index in [4.69, 9.17) is 4.98 Å². The van der Waals surface area contributed by atoms with E-state index in [1.54, 1.807) is 30.2 Å². The second-order valence-corrected chi connectivity index (χ2v) is 10.00. The third kappa shape index (κ3) is 4.01. The molecule has 4 aromatic heterocycles. The normalized spacial score (nSPS) is 15.0. The zero-order chi connectivity index (χ0) is 25.7. The lowest BCUT2D eigenvalue weighted by Crippen LogP contribution is -2.52. The van der Waals surface area contributed by atoms with Gasteiger partial charge in [0.1, 0.15) is 12.1 Å². The highest BCUT2D eigenvalue weighted by molar-refractivity contribution is 5.97. The summed E-state index contributed by atoms with van der Waals surface area (Å²) in [5.74, 6) is 0.779. The number of aryl methyl sites for hydroxylation is 1. The van der Waals surface area contributed by atoms with Gasteiger partial charge in [-0.1, -0.05) is 13.8 Å². The molecule has 0 aliphatic carbocycles. The molecule has 188 valence electrons. The van der Waals surface area contributed by atoms with Crippen molar-refractivity contribution in [3.05, 3.63) is 41.3 Å². The molecule has 5 heterocycles. The van der Waals surface area contributed by atoms with Crippen molar-refractivity contribution in [3.63, 3.8) is 0 Å². The Morgan fingerprint density at radius 1 is 1.17 bits per heavy atom. The van der Waals surface area contributed by atoms with Crippen LogP contribution in [0.4, 0.5) is 5.82 Å². The molecule has 36 heavy (non-hydrogen) atoms. The number of H-pyrrole nitrogens is 1. The molecule has 0 atom stereocenters. The first kappa shape index (κ1) is 23.9. The van der Waals surface area contributed by atoms with Gasteiger partial charge in [0.05, 0.1) is 29.8 Å². The summed E-state index contributed by atoms with van der Waals surface area (Å²) in [7, 11) is 3.45. The minimum Gasteiger partial charge on any atom is -0.353 e. The molecule has 0 unspecified atom stereocenters. The van der Waals surface area contributed by atoms with Crippen molar-refractivity contribution >= 4 is 34.3 Å². The molecule has 0 bridgehead atoms. The van der Waals surface area contributed by atoms with Crippen LogP contribution in [0.25, 0.3) is 27.9 Å². The van der Waals surface area contributed by atoms with Crippen molar-refractivity contribution < 1.29 is 9.59 Å². The number of piperazine rings is 1. The number of hydrogen-bond acceptors (Lipinski definition) is 6. The Morgan fingerprint density at radius 2 is 1.94 bits per heavy atom. The Morgan fingerprint density at radius 3 is 2.64 bits per heavy atom. The molecule has 4 aromatic rings. The van der Waals surface area contributed by atoms with Crippen LogP contribution < -0.4 is 4.90 Å². The summed E-state index contributed by atoms with van der Waals surface area (Å²) in [6.45, 7) is 10.0. The lowest BCUT2D eigenvalue weighted by molar-refractivity contribution is -0.131. The van der Waals surface area contributed by atoms with Crippen molar-refractivity contribution in [2.24, 2.45) is 0 Å². The zero-order valence-electron chi connectivity index (χ0n) is 21.7. The number of carbonyl (C=O) groups excluding carboxylic acids is 2. The van der Waals surface area contributed by atoms with Gasteiger partial charge in [-0.2, -0.15) is 5.10 Å². The third-order valence-electron chi connectivity index (χ3n) is 7.07. The minimum atomic E-state index is -0.0513. The van der Waals surface area contributed by atoms with Crippen molar-refractivity contribution in [2.75, 3.05) is 45.2 Å². The second kappa shape index (κ2) is 9.02. The van der Waals surface area contributed by atoms with Gasteiger partial charge in [-0.05, 0) is 43.0 Å². The summed E-state index contributed by atoms with van der Waals surface area (Å²) in [6.07, 6.45) is 3.58. The highest BCUT2D eigenvalue weighted by Crippen LogP contribution is 2.38. The fourth-order valence-corrected chi connectivity index (χ4v) is 4.89. The Kier molecular flexibility index (Phi) is 5.99. The van der Waals surface area contributed by atoms with Crippen LogP contribution in [-0.2, 0) is 9.59 Å². The number of pyridine rings is 2. The molecule has 0 radical (unpaired) electrons. The highest BCUT2D eigenvalue weighted by atomic mass is 16.2. The number of fused-ring (bicyclic) bond motifs is 2. The predicted octanol–water partition coefficient (Wildman–Crippen LogP) is 2.75. The van der Waals surface area contributed by atoms with E-state index in [0.29, 0.717) is 18.9 Å². The molecule has 5 rings (SSSR count). The summed E-state index contributed by atoms with van der Waals surface area (Å²) < 4.78 is 1.81. The number of rotatable bonds is 5. The summed E-state index contributed by atoms with van der Waals surface area (Å²) >= 11 is 0. The average Bonchev–Trinajstić information content (AvgIpc) is 3.45. The molecule has 1 fully saturated rings. The Bertz CT molecular complexity index is 1480. The highest BCUT2D eigenvalue weighted by Gasteiger charge is 2.28. The third-order valence-corrected chi connectivity index (χ3v) is 7.07. The zero-order valence-corrected chi connectivity index (χ0v) is 21.7. The van der Waals surface area contributed by atoms with Gasteiger partial charge in [0, 0.05) is 44.5 Å². The molecule has 1 aliphatic rings. The van der Waals surface area contributed by atoms with E-state index in [1.165, 1.54) is 0 Å². The van der Waals surface area contributed by atoms with Crippen LogP contribution >= 0.6 is 0 Å². The van der Waals surface area contributed by atoms with E-state index in [1.807, 2.05) is 27.7 Å². The number of amides is 2. The summed E-state index contributed by atoms with van der Waals surface area (Å²) in [6, 6.07) is 3.89. The van der Waals surface area contributed by atoms with Crippen LogP contribution in [0, 0.1) is 13.8 Å². The Labute approximate surface area is 209 Å². The van der Waals surface area contributed by atoms with Gasteiger partial charge in [-0.15, -0.1) is 0 Å². The predicted molar refractivity (Wildman–Crippen MR) is 139 cm³/mol. The van der Waals surface area contributed by atoms with Crippen LogP contribution in [0.5, 0.6) is 0 Å². The van der Waals surface area contributed by atoms with Crippen LogP contribution in [0.3, 0.4) is 0 Å². The van der Waals surface area contributed by atoms with E-state index < -0.39 is 0 Å². The van der Waals surface area contributed by atoms with E-state index in [0.717, 1.165) is 44.6 Å². The van der Waals surface area contributed by atoms with E-state index >= 15 is 0 Å². The van der Waals surface area contributed by atoms with Crippen molar-refractivity contribution in [3.8, 4) is 11.3 Å². The number of carbonyl (C=O) groups is 2. The van der Waals surface area contributed by atoms with Gasteiger partial charge in [-0.25, -0.2) is 14.5 Å². The summed E-state index contributed by atoms with van der Waals surface area (Å²) in [4.78, 5) is 43.2. The van der Waals surface area contributed by atoms with Gasteiger partial charge in [0.15, 0.2) is 5.65 Å². The quantitative estimate of drug-likeness (QED) is 0.463. The summed E-state index contributed by atoms with van der Waals surface area (Å²) in [5, 5.41) is 4.36. The number of nitrogens with one attached hydrogen (secondary N) is 1. The minimum absolute atomic E-state index is 0.00756. The first-order chi connectivity index (χ1) is 17.2. The van der Waals surface area contributed by atoms with Crippen LogP contribution in [0.15, 0.2) is 24.7 Å². The number of nitrogens with zero attached hydrogens (tertiary/aromatic N) is 7. The number of anilines is 1. The molecule has 1 N–H and O–H groups in total. The van der Waals surface area contributed by atoms with Gasteiger partial charge in [0.25, 0.3) is 0 Å². The van der Waals surface area contributed by atoms with Crippen LogP contribution in [0.1, 0.15) is 36.5 Å². The first-order valence-electron chi connectivity index (χ1n) is 12.2. The molecule has 0 spiro atoms. The fraction of sp³-hybridized carbons (Fsp3) is 0.423. The van der Waals surface area contributed by atoms with Crippen LogP contribution in [0.2, 0.25) is 0 Å². The molecule has 0 aromatic carbocycles. The fourth-order valence-electron chi connectivity index (χ4n) is 4.89. The Hall–Kier alpha value is -3.79. The number of hydrogen-bond donors (Lipinski definition) is 1. The molecule has 1 saturated heterocycles. The van der Waals surface area contributed by atoms with Gasteiger partial charge < -0.3 is 9.88 Å². The monoisotopic (exact) mass is 488 g/mol. The standard InChI is InChI=1S/C26H32N8O2/c1-15(2)23-24(18-11-34-26(27-14-28-34)17(4)16(18)3)29-19-7-8-20(30-25(19)23)33-10-9-32(13-22(33)36)12-21(35)31(5)6/h7-8,11,14-15,29H,9-10,12-13H2,1-6H3. The van der Waals surface area contributed by atoms with E-state index in [2.05, 4.69) is 42.8 Å². The maximum atomic E-state index is 13.0. The van der Waals surface area contributed by atoms with Crippen molar-refractivity contribution in [2.45, 2.75) is 33.6 Å². The van der Waals surface area contributed by atoms with Gasteiger partial charge in [-0.3, -0.25) is 19.4 Å². The first-order valence-corrected chi connectivity index (χ1v) is 12.2. The number of likely N-dealkylation sites (N-methyl/N-ethyl adjacent to an activating group) is 1. The average molecular weight is 489 g/mol. The number of aromatic nitrogens is 5. The molecule has 1 aliphatic heterocycles. The maximum absolute atomic E-state index is 13.0. The Balaban J connectivity index is 1.52. The summed E-state index contributed by atoms with van der Waals surface area (Å²) in [5.41, 5.74) is 8.05. The van der Waals surface area contributed by atoms with Gasteiger partial charge >= 0.3 is 0 Å². The lowest BCUT2D eigenvalue weighted by atomic mass is 9.95. The molecular formula is C26H32N8O2. The molecule has 2 amide bonds. The molecular weight excluding hydrogens is 456 g/mol. The van der Waals surface area contributed by atoms with Gasteiger partial charge in [0.2, 0.25) is 11.8 Å². The smallest absolute Gasteiger partial charge is 0.242 e. The van der Waals surface area contributed by atoms with E-state index in [9.17, 15) is 9.59 Å². The maximum Gasteiger partial charge on any atom is 0.242 e.